The third-order valence-corrected chi connectivity index (χ3v) is 2.46. The van der Waals surface area contributed by atoms with Crippen LogP contribution in [-0.4, -0.2) is 21.2 Å². The van der Waals surface area contributed by atoms with E-state index in [1.165, 1.54) is 24.3 Å². The number of nitro groups is 1. The minimum absolute atomic E-state index is 0.00742. The quantitative estimate of drug-likeness (QED) is 0.591. The van der Waals surface area contributed by atoms with E-state index in [2.05, 4.69) is 0 Å². The molecule has 0 aliphatic carbocycles. The molecule has 16 heavy (non-hydrogen) atoms. The number of aliphatic hydroxyl groups excluding tert-OH is 2. The minimum Gasteiger partial charge on any atom is -0.393 e. The van der Waals surface area contributed by atoms with Crippen LogP contribution in [0.5, 0.6) is 0 Å². The summed E-state index contributed by atoms with van der Waals surface area (Å²) < 4.78 is 0. The molecule has 0 amide bonds. The fourth-order valence-corrected chi connectivity index (χ4v) is 1.38. The van der Waals surface area contributed by atoms with Gasteiger partial charge in [0.25, 0.3) is 5.69 Å². The van der Waals surface area contributed by atoms with Crippen molar-refractivity contribution >= 4 is 5.69 Å². The van der Waals surface area contributed by atoms with Crippen molar-refractivity contribution in [3.63, 3.8) is 0 Å². The van der Waals surface area contributed by atoms with Crippen LogP contribution in [0.2, 0.25) is 0 Å². The first kappa shape index (κ1) is 12.6. The van der Waals surface area contributed by atoms with Crippen LogP contribution < -0.4 is 0 Å². The highest BCUT2D eigenvalue weighted by molar-refractivity contribution is 5.33. The largest absolute Gasteiger partial charge is 0.393 e. The molecule has 1 rings (SSSR count). The Labute approximate surface area is 93.5 Å². The SMILES string of the molecule is CC[C@H](O)C[C@@H](O)c1ccc([N+](=O)[O-])cc1. The van der Waals surface area contributed by atoms with Gasteiger partial charge in [-0.15, -0.1) is 0 Å². The van der Waals surface area contributed by atoms with Gasteiger partial charge in [-0.3, -0.25) is 10.1 Å². The molecular weight excluding hydrogens is 210 g/mol. The van der Waals surface area contributed by atoms with E-state index in [0.717, 1.165) is 0 Å². The Balaban J connectivity index is 2.70. The third-order valence-electron chi connectivity index (χ3n) is 2.46. The van der Waals surface area contributed by atoms with E-state index < -0.39 is 17.1 Å². The fraction of sp³-hybridized carbons (Fsp3) is 0.455. The van der Waals surface area contributed by atoms with Gasteiger partial charge in [-0.25, -0.2) is 0 Å². The van der Waals surface area contributed by atoms with Gasteiger partial charge in [0, 0.05) is 18.6 Å². The van der Waals surface area contributed by atoms with E-state index >= 15 is 0 Å². The Morgan fingerprint density at radius 2 is 1.88 bits per heavy atom. The molecule has 5 nitrogen and oxygen atoms in total. The number of hydrogen-bond acceptors (Lipinski definition) is 4. The summed E-state index contributed by atoms with van der Waals surface area (Å²) in [6.07, 6.45) is -0.515. The zero-order valence-electron chi connectivity index (χ0n) is 9.04. The first-order valence-electron chi connectivity index (χ1n) is 5.15. The van der Waals surface area contributed by atoms with Crippen molar-refractivity contribution in [1.82, 2.24) is 0 Å². The second kappa shape index (κ2) is 5.58. The molecule has 1 aromatic carbocycles. The van der Waals surface area contributed by atoms with Gasteiger partial charge in [0.1, 0.15) is 0 Å². The van der Waals surface area contributed by atoms with Gasteiger partial charge in [0.05, 0.1) is 17.1 Å². The average molecular weight is 225 g/mol. The molecule has 0 fully saturated rings. The molecule has 2 N–H and O–H groups in total. The summed E-state index contributed by atoms with van der Waals surface area (Å²) in [5.74, 6) is 0. The Hall–Kier alpha value is -1.46. The van der Waals surface area contributed by atoms with Gasteiger partial charge in [-0.1, -0.05) is 6.92 Å². The summed E-state index contributed by atoms with van der Waals surface area (Å²) in [6, 6.07) is 5.70. The van der Waals surface area contributed by atoms with Crippen molar-refractivity contribution in [1.29, 1.82) is 0 Å². The summed E-state index contributed by atoms with van der Waals surface area (Å²) in [7, 11) is 0. The molecule has 0 saturated carbocycles. The van der Waals surface area contributed by atoms with Crippen LogP contribution in [0.4, 0.5) is 5.69 Å². The Bertz CT molecular complexity index is 350. The number of nitro benzene ring substituents is 1. The second-order valence-corrected chi connectivity index (χ2v) is 3.66. The summed E-state index contributed by atoms with van der Waals surface area (Å²) in [6.45, 7) is 1.83. The van der Waals surface area contributed by atoms with Crippen LogP contribution in [0.25, 0.3) is 0 Å². The summed E-state index contributed by atoms with van der Waals surface area (Å²) in [5.41, 5.74) is 0.574. The summed E-state index contributed by atoms with van der Waals surface area (Å²) in [4.78, 5) is 9.92. The molecule has 0 radical (unpaired) electrons. The van der Waals surface area contributed by atoms with Crippen LogP contribution in [0, 0.1) is 10.1 Å². The molecule has 0 unspecified atom stereocenters. The molecule has 0 spiro atoms. The van der Waals surface area contributed by atoms with Gasteiger partial charge < -0.3 is 10.2 Å². The van der Waals surface area contributed by atoms with E-state index in [1.54, 1.807) is 0 Å². The molecule has 2 atom stereocenters. The number of non-ortho nitro benzene ring substituents is 1. The van der Waals surface area contributed by atoms with Crippen molar-refractivity contribution < 1.29 is 15.1 Å². The van der Waals surface area contributed by atoms with Crippen molar-refractivity contribution in [2.75, 3.05) is 0 Å². The van der Waals surface area contributed by atoms with E-state index in [1.807, 2.05) is 6.92 Å². The number of hydrogen-bond donors (Lipinski definition) is 2. The Kier molecular flexibility index (Phi) is 4.39. The normalized spacial score (nSPS) is 14.4. The van der Waals surface area contributed by atoms with Crippen LogP contribution in [0.15, 0.2) is 24.3 Å². The average Bonchev–Trinajstić information content (AvgIpc) is 2.28. The van der Waals surface area contributed by atoms with Crippen molar-refractivity contribution in [3.05, 3.63) is 39.9 Å². The Morgan fingerprint density at radius 1 is 1.31 bits per heavy atom. The topological polar surface area (TPSA) is 83.6 Å². The van der Waals surface area contributed by atoms with Crippen LogP contribution in [0.3, 0.4) is 0 Å². The molecule has 1 aromatic rings. The van der Waals surface area contributed by atoms with E-state index in [0.29, 0.717) is 12.0 Å². The monoisotopic (exact) mass is 225 g/mol. The standard InChI is InChI=1S/C11H15NO4/c1-2-10(13)7-11(14)8-3-5-9(6-4-8)12(15)16/h3-6,10-11,13-14H,2,7H2,1H3/t10-,11+/m0/s1. The van der Waals surface area contributed by atoms with E-state index in [4.69, 9.17) is 0 Å². The highest BCUT2D eigenvalue weighted by Gasteiger charge is 2.13. The van der Waals surface area contributed by atoms with Gasteiger partial charge in [-0.2, -0.15) is 0 Å². The van der Waals surface area contributed by atoms with Crippen LogP contribution >= 0.6 is 0 Å². The predicted molar refractivity (Wildman–Crippen MR) is 59.0 cm³/mol. The second-order valence-electron chi connectivity index (χ2n) is 3.66. The molecule has 0 saturated heterocycles. The highest BCUT2D eigenvalue weighted by atomic mass is 16.6. The van der Waals surface area contributed by atoms with E-state index in [-0.39, 0.29) is 12.1 Å². The molecule has 88 valence electrons. The van der Waals surface area contributed by atoms with Gasteiger partial charge >= 0.3 is 0 Å². The minimum atomic E-state index is -0.782. The lowest BCUT2D eigenvalue weighted by Gasteiger charge is -2.14. The van der Waals surface area contributed by atoms with Gasteiger partial charge in [-0.05, 0) is 24.1 Å². The number of aliphatic hydroxyl groups is 2. The van der Waals surface area contributed by atoms with Gasteiger partial charge in [0.15, 0.2) is 0 Å². The number of rotatable bonds is 5. The lowest BCUT2D eigenvalue weighted by Crippen LogP contribution is -2.10. The smallest absolute Gasteiger partial charge is 0.269 e. The Morgan fingerprint density at radius 3 is 2.31 bits per heavy atom. The molecule has 0 bridgehead atoms. The zero-order chi connectivity index (χ0) is 12.1. The molecular formula is C11H15NO4. The maximum Gasteiger partial charge on any atom is 0.269 e. The molecule has 5 heteroatoms. The summed E-state index contributed by atoms with van der Waals surface area (Å²) in [5, 5.41) is 29.5. The van der Waals surface area contributed by atoms with Crippen molar-refractivity contribution in [3.8, 4) is 0 Å². The number of benzene rings is 1. The lowest BCUT2D eigenvalue weighted by atomic mass is 10.0. The lowest BCUT2D eigenvalue weighted by molar-refractivity contribution is -0.384. The van der Waals surface area contributed by atoms with E-state index in [9.17, 15) is 20.3 Å². The zero-order valence-corrected chi connectivity index (χ0v) is 9.04. The summed E-state index contributed by atoms with van der Waals surface area (Å²) >= 11 is 0. The highest BCUT2D eigenvalue weighted by Crippen LogP contribution is 2.21. The van der Waals surface area contributed by atoms with Crippen molar-refractivity contribution in [2.24, 2.45) is 0 Å². The maximum absolute atomic E-state index is 10.4. The fourth-order valence-electron chi connectivity index (χ4n) is 1.38. The molecule has 0 heterocycles. The molecule has 0 aliphatic rings. The van der Waals surface area contributed by atoms with Crippen LogP contribution in [0.1, 0.15) is 31.4 Å². The first-order chi connectivity index (χ1) is 7.54. The predicted octanol–water partition coefficient (Wildman–Crippen LogP) is 1.79. The molecule has 0 aliphatic heterocycles. The first-order valence-corrected chi connectivity index (χ1v) is 5.15. The third kappa shape index (κ3) is 3.29. The van der Waals surface area contributed by atoms with Crippen molar-refractivity contribution in [2.45, 2.75) is 32.0 Å². The van der Waals surface area contributed by atoms with Crippen LogP contribution in [-0.2, 0) is 0 Å². The van der Waals surface area contributed by atoms with Gasteiger partial charge in [0.2, 0.25) is 0 Å². The number of nitrogens with zero attached hydrogens (tertiary/aromatic N) is 1. The maximum atomic E-state index is 10.4. The molecule has 0 aromatic heterocycles.